The summed E-state index contributed by atoms with van der Waals surface area (Å²) in [5, 5.41) is 0. The van der Waals surface area contributed by atoms with Gasteiger partial charge in [0.2, 0.25) is 0 Å². The molecule has 0 amide bonds. The van der Waals surface area contributed by atoms with Gasteiger partial charge in [0.1, 0.15) is 0 Å². The van der Waals surface area contributed by atoms with Crippen molar-refractivity contribution in [1.82, 2.24) is 0 Å². The monoisotopic (exact) mass is 308 g/mol. The van der Waals surface area contributed by atoms with E-state index in [9.17, 15) is 0 Å². The summed E-state index contributed by atoms with van der Waals surface area (Å²) in [6.45, 7) is 6.99. The van der Waals surface area contributed by atoms with Crippen LogP contribution >= 0.6 is 15.9 Å². The summed E-state index contributed by atoms with van der Waals surface area (Å²) in [4.78, 5) is 0.514. The van der Waals surface area contributed by atoms with Gasteiger partial charge in [-0.1, -0.05) is 73.8 Å². The van der Waals surface area contributed by atoms with Crippen LogP contribution in [0.4, 0.5) is 0 Å². The van der Waals surface area contributed by atoms with Gasteiger partial charge < -0.3 is 0 Å². The Kier molecular flexibility index (Phi) is 4.53. The van der Waals surface area contributed by atoms with Crippen LogP contribution in [0.25, 0.3) is 0 Å². The maximum Gasteiger partial charge on any atom is 0.0448 e. The minimum Gasteiger partial charge on any atom is -0.0833 e. The van der Waals surface area contributed by atoms with Gasteiger partial charge in [0.05, 0.1) is 0 Å². The standard InChI is InChI=1S/C17H25Br/c1-13(2)12-14-6-8-15(9-7-14)16(18)17(3)10-4-5-11-17/h6-9,13,16H,4-5,10-12H2,1-3H3. The molecule has 1 aromatic carbocycles. The number of benzene rings is 1. The Balaban J connectivity index is 2.09. The molecule has 0 bridgehead atoms. The molecule has 1 fully saturated rings. The summed E-state index contributed by atoms with van der Waals surface area (Å²) < 4.78 is 0. The minimum atomic E-state index is 0.458. The SMILES string of the molecule is CC(C)Cc1ccc(C(Br)C2(C)CCCC2)cc1. The van der Waals surface area contributed by atoms with Crippen LogP contribution in [0.15, 0.2) is 24.3 Å². The van der Waals surface area contributed by atoms with Crippen LogP contribution in [-0.2, 0) is 6.42 Å². The second kappa shape index (κ2) is 5.77. The molecule has 1 aromatic rings. The van der Waals surface area contributed by atoms with Crippen molar-refractivity contribution in [2.75, 3.05) is 0 Å². The topological polar surface area (TPSA) is 0 Å². The summed E-state index contributed by atoms with van der Waals surface area (Å²) in [5.74, 6) is 0.739. The van der Waals surface area contributed by atoms with Crippen LogP contribution in [0.1, 0.15) is 62.4 Å². The van der Waals surface area contributed by atoms with E-state index in [4.69, 9.17) is 0 Å². The van der Waals surface area contributed by atoms with Gasteiger partial charge in [-0.3, -0.25) is 0 Å². The van der Waals surface area contributed by atoms with E-state index >= 15 is 0 Å². The van der Waals surface area contributed by atoms with Gasteiger partial charge in [0, 0.05) is 4.83 Å². The van der Waals surface area contributed by atoms with Crippen molar-refractivity contribution in [3.8, 4) is 0 Å². The first kappa shape index (κ1) is 14.1. The average Bonchev–Trinajstić information content (AvgIpc) is 2.77. The van der Waals surface area contributed by atoms with Gasteiger partial charge in [-0.25, -0.2) is 0 Å². The Bertz CT molecular complexity index is 371. The van der Waals surface area contributed by atoms with E-state index in [2.05, 4.69) is 61.0 Å². The third-order valence-corrected chi connectivity index (χ3v) is 5.91. The molecule has 1 aliphatic rings. The van der Waals surface area contributed by atoms with Crippen molar-refractivity contribution >= 4 is 15.9 Å². The Morgan fingerprint density at radius 2 is 1.67 bits per heavy atom. The molecule has 0 N–H and O–H groups in total. The van der Waals surface area contributed by atoms with E-state index < -0.39 is 0 Å². The molecule has 0 aromatic heterocycles. The van der Waals surface area contributed by atoms with Crippen LogP contribution in [0.3, 0.4) is 0 Å². The van der Waals surface area contributed by atoms with Crippen LogP contribution in [-0.4, -0.2) is 0 Å². The van der Waals surface area contributed by atoms with Crippen molar-refractivity contribution in [2.45, 2.75) is 57.7 Å². The van der Waals surface area contributed by atoms with E-state index in [0.717, 1.165) is 5.92 Å². The number of hydrogen-bond donors (Lipinski definition) is 0. The number of hydrogen-bond acceptors (Lipinski definition) is 0. The number of halogens is 1. The highest BCUT2D eigenvalue weighted by atomic mass is 79.9. The molecule has 1 heteroatoms. The maximum absolute atomic E-state index is 3.94. The lowest BCUT2D eigenvalue weighted by Crippen LogP contribution is -2.17. The molecule has 0 nitrogen and oxygen atoms in total. The lowest BCUT2D eigenvalue weighted by atomic mass is 9.82. The number of rotatable bonds is 4. The summed E-state index contributed by atoms with van der Waals surface area (Å²) in [6.07, 6.45) is 6.69. The predicted octanol–water partition coefficient (Wildman–Crippen LogP) is 5.90. The zero-order valence-corrected chi connectivity index (χ0v) is 13.5. The van der Waals surface area contributed by atoms with E-state index in [0.29, 0.717) is 10.2 Å². The molecule has 1 aliphatic carbocycles. The van der Waals surface area contributed by atoms with E-state index in [-0.39, 0.29) is 0 Å². The van der Waals surface area contributed by atoms with Gasteiger partial charge in [0.25, 0.3) is 0 Å². The molecule has 2 rings (SSSR count). The molecular formula is C17H25Br. The zero-order valence-electron chi connectivity index (χ0n) is 11.9. The fourth-order valence-electron chi connectivity index (χ4n) is 3.13. The highest BCUT2D eigenvalue weighted by Crippen LogP contribution is 2.51. The second-order valence-corrected chi connectivity index (χ2v) is 7.48. The van der Waals surface area contributed by atoms with Crippen LogP contribution in [0.2, 0.25) is 0 Å². The van der Waals surface area contributed by atoms with Gasteiger partial charge in [-0.2, -0.15) is 0 Å². The van der Waals surface area contributed by atoms with Crippen molar-refractivity contribution < 1.29 is 0 Å². The molecule has 100 valence electrons. The normalized spacial score (nSPS) is 20.3. The third kappa shape index (κ3) is 3.17. The minimum absolute atomic E-state index is 0.458. The van der Waals surface area contributed by atoms with Crippen molar-refractivity contribution in [3.63, 3.8) is 0 Å². The molecule has 0 spiro atoms. The fraction of sp³-hybridized carbons (Fsp3) is 0.647. The second-order valence-electron chi connectivity index (χ2n) is 6.56. The first-order chi connectivity index (χ1) is 8.51. The lowest BCUT2D eigenvalue weighted by Gasteiger charge is -2.30. The Labute approximate surface area is 120 Å². The highest BCUT2D eigenvalue weighted by molar-refractivity contribution is 9.09. The Morgan fingerprint density at radius 1 is 1.11 bits per heavy atom. The molecule has 1 atom stereocenters. The largest absolute Gasteiger partial charge is 0.0833 e. The van der Waals surface area contributed by atoms with Gasteiger partial charge >= 0.3 is 0 Å². The average molecular weight is 309 g/mol. The first-order valence-electron chi connectivity index (χ1n) is 7.24. The zero-order chi connectivity index (χ0) is 13.2. The van der Waals surface area contributed by atoms with Crippen LogP contribution in [0, 0.1) is 11.3 Å². The van der Waals surface area contributed by atoms with Gasteiger partial charge in [0.15, 0.2) is 0 Å². The summed E-state index contributed by atoms with van der Waals surface area (Å²) in [7, 11) is 0. The molecular weight excluding hydrogens is 284 g/mol. The van der Waals surface area contributed by atoms with Crippen LogP contribution in [0.5, 0.6) is 0 Å². The van der Waals surface area contributed by atoms with E-state index in [1.54, 1.807) is 0 Å². The fourth-order valence-corrected chi connectivity index (χ4v) is 3.90. The molecule has 0 heterocycles. The molecule has 0 aliphatic heterocycles. The molecule has 1 unspecified atom stereocenters. The summed E-state index contributed by atoms with van der Waals surface area (Å²) in [5.41, 5.74) is 3.37. The molecule has 0 saturated heterocycles. The van der Waals surface area contributed by atoms with Crippen molar-refractivity contribution in [2.24, 2.45) is 11.3 Å². The predicted molar refractivity (Wildman–Crippen MR) is 83.2 cm³/mol. The van der Waals surface area contributed by atoms with Crippen molar-refractivity contribution in [3.05, 3.63) is 35.4 Å². The van der Waals surface area contributed by atoms with E-state index in [1.165, 1.54) is 43.2 Å². The third-order valence-electron chi connectivity index (χ3n) is 4.27. The smallest absolute Gasteiger partial charge is 0.0448 e. The Morgan fingerprint density at radius 3 is 2.17 bits per heavy atom. The molecule has 1 saturated carbocycles. The van der Waals surface area contributed by atoms with Gasteiger partial charge in [-0.05, 0) is 41.7 Å². The highest BCUT2D eigenvalue weighted by Gasteiger charge is 2.36. The summed E-state index contributed by atoms with van der Waals surface area (Å²) >= 11 is 3.94. The number of alkyl halides is 1. The quantitative estimate of drug-likeness (QED) is 0.607. The molecule has 0 radical (unpaired) electrons. The maximum atomic E-state index is 3.94. The van der Waals surface area contributed by atoms with E-state index in [1.807, 2.05) is 0 Å². The summed E-state index contributed by atoms with van der Waals surface area (Å²) in [6, 6.07) is 9.26. The molecule has 18 heavy (non-hydrogen) atoms. The van der Waals surface area contributed by atoms with Gasteiger partial charge in [-0.15, -0.1) is 0 Å². The lowest BCUT2D eigenvalue weighted by molar-refractivity contribution is 0.331. The van der Waals surface area contributed by atoms with Crippen molar-refractivity contribution in [1.29, 1.82) is 0 Å². The Hall–Kier alpha value is -0.300. The first-order valence-corrected chi connectivity index (χ1v) is 8.16. The van der Waals surface area contributed by atoms with Crippen LogP contribution < -0.4 is 0 Å².